The van der Waals surface area contributed by atoms with Crippen molar-refractivity contribution in [3.63, 3.8) is 0 Å². The van der Waals surface area contributed by atoms with E-state index in [1.807, 2.05) is 0 Å². The van der Waals surface area contributed by atoms with Gasteiger partial charge in [-0.05, 0) is 54.4 Å². The van der Waals surface area contributed by atoms with Crippen LogP contribution in [0.3, 0.4) is 0 Å². The maximum atomic E-state index is 13.0. The number of aliphatic hydroxyl groups is 1. The standard InChI is InChI=1S/C19H16ClNO4/c1-11-15(9-18(23)24)16-8-12(10-22)2-7-17(16)21(11)19(25)13-3-5-14(20)6-4-13/h2-8,22H,9-10H2,1H3,(H,23,24). The lowest BCUT2D eigenvalue weighted by atomic mass is 10.1. The number of aliphatic hydroxyl groups excluding tert-OH is 1. The van der Waals surface area contributed by atoms with Gasteiger partial charge in [-0.25, -0.2) is 0 Å². The molecule has 0 unspecified atom stereocenters. The first-order chi connectivity index (χ1) is 11.9. The number of carbonyl (C=O) groups is 2. The summed E-state index contributed by atoms with van der Waals surface area (Å²) < 4.78 is 1.51. The van der Waals surface area contributed by atoms with Crippen LogP contribution in [0.5, 0.6) is 0 Å². The SMILES string of the molecule is Cc1c(CC(=O)O)c2cc(CO)ccc2n1C(=O)c1ccc(Cl)cc1. The maximum Gasteiger partial charge on any atom is 0.307 e. The van der Waals surface area contributed by atoms with Gasteiger partial charge >= 0.3 is 5.97 Å². The summed E-state index contributed by atoms with van der Waals surface area (Å²) in [6.07, 6.45) is -0.196. The molecule has 0 aliphatic rings. The van der Waals surface area contributed by atoms with Crippen LogP contribution in [0.25, 0.3) is 10.9 Å². The first-order valence-electron chi connectivity index (χ1n) is 7.68. The van der Waals surface area contributed by atoms with Crippen LogP contribution in [0.15, 0.2) is 42.5 Å². The van der Waals surface area contributed by atoms with Gasteiger partial charge in [-0.1, -0.05) is 17.7 Å². The highest BCUT2D eigenvalue weighted by Crippen LogP contribution is 2.29. The Bertz CT molecular complexity index is 973. The summed E-state index contributed by atoms with van der Waals surface area (Å²) >= 11 is 5.88. The molecule has 6 heteroatoms. The molecule has 0 amide bonds. The number of halogens is 1. The van der Waals surface area contributed by atoms with Gasteiger partial charge < -0.3 is 10.2 Å². The molecule has 0 aliphatic heterocycles. The molecule has 1 heterocycles. The minimum Gasteiger partial charge on any atom is -0.481 e. The predicted octanol–water partition coefficient (Wildman–Crippen LogP) is 3.41. The van der Waals surface area contributed by atoms with E-state index < -0.39 is 5.97 Å². The van der Waals surface area contributed by atoms with Crippen LogP contribution in [0.2, 0.25) is 5.02 Å². The van der Waals surface area contributed by atoms with Crippen molar-refractivity contribution in [2.24, 2.45) is 0 Å². The van der Waals surface area contributed by atoms with E-state index in [9.17, 15) is 19.8 Å². The van der Waals surface area contributed by atoms with Crippen LogP contribution >= 0.6 is 11.6 Å². The number of hydrogen-bond donors (Lipinski definition) is 2. The first-order valence-corrected chi connectivity index (χ1v) is 8.06. The summed E-state index contributed by atoms with van der Waals surface area (Å²) in [5.41, 5.74) is 2.88. The van der Waals surface area contributed by atoms with Crippen molar-refractivity contribution in [3.05, 3.63) is 69.9 Å². The molecule has 0 radical (unpaired) electrons. The molecule has 0 aliphatic carbocycles. The van der Waals surface area contributed by atoms with E-state index >= 15 is 0 Å². The Morgan fingerprint density at radius 1 is 1.12 bits per heavy atom. The summed E-state index contributed by atoms with van der Waals surface area (Å²) in [5, 5.41) is 19.8. The van der Waals surface area contributed by atoms with Gasteiger partial charge in [-0.3, -0.25) is 14.2 Å². The van der Waals surface area contributed by atoms with Crippen molar-refractivity contribution in [1.29, 1.82) is 0 Å². The molecule has 0 saturated carbocycles. The molecule has 0 fully saturated rings. The topological polar surface area (TPSA) is 79.5 Å². The Hall–Kier alpha value is -2.63. The van der Waals surface area contributed by atoms with Gasteiger partial charge in [0.25, 0.3) is 5.91 Å². The number of aliphatic carboxylic acids is 1. The van der Waals surface area contributed by atoms with E-state index in [0.29, 0.717) is 38.3 Å². The summed E-state index contributed by atoms with van der Waals surface area (Å²) in [7, 11) is 0. The molecule has 3 aromatic rings. The number of benzene rings is 2. The third-order valence-electron chi connectivity index (χ3n) is 4.20. The Morgan fingerprint density at radius 2 is 1.80 bits per heavy atom. The highest BCUT2D eigenvalue weighted by Gasteiger charge is 2.21. The minimum absolute atomic E-state index is 0.155. The second kappa shape index (κ2) is 6.70. The second-order valence-electron chi connectivity index (χ2n) is 5.79. The molecule has 2 N–H and O–H groups in total. The fraction of sp³-hybridized carbons (Fsp3) is 0.158. The van der Waals surface area contributed by atoms with Crippen molar-refractivity contribution in [1.82, 2.24) is 4.57 Å². The van der Waals surface area contributed by atoms with E-state index in [2.05, 4.69) is 0 Å². The van der Waals surface area contributed by atoms with E-state index in [0.717, 1.165) is 0 Å². The predicted molar refractivity (Wildman–Crippen MR) is 95.1 cm³/mol. The van der Waals surface area contributed by atoms with Crippen molar-refractivity contribution in [2.75, 3.05) is 0 Å². The lowest BCUT2D eigenvalue weighted by Crippen LogP contribution is -2.14. The average molecular weight is 358 g/mol. The highest BCUT2D eigenvalue weighted by molar-refractivity contribution is 6.30. The number of aromatic nitrogens is 1. The van der Waals surface area contributed by atoms with Crippen molar-refractivity contribution >= 4 is 34.4 Å². The van der Waals surface area contributed by atoms with Crippen molar-refractivity contribution < 1.29 is 19.8 Å². The Morgan fingerprint density at radius 3 is 2.40 bits per heavy atom. The zero-order chi connectivity index (χ0) is 18.1. The Kier molecular flexibility index (Phi) is 4.61. The normalized spacial score (nSPS) is 11.0. The molecule has 5 nitrogen and oxygen atoms in total. The van der Waals surface area contributed by atoms with E-state index in [4.69, 9.17) is 11.6 Å². The summed E-state index contributed by atoms with van der Waals surface area (Å²) in [4.78, 5) is 24.2. The molecular formula is C19H16ClNO4. The molecule has 0 atom stereocenters. The molecule has 0 spiro atoms. The molecule has 2 aromatic carbocycles. The average Bonchev–Trinajstić information content (AvgIpc) is 2.86. The van der Waals surface area contributed by atoms with Gasteiger partial charge in [0.05, 0.1) is 18.5 Å². The van der Waals surface area contributed by atoms with E-state index in [1.54, 1.807) is 49.4 Å². The number of carboxylic acids is 1. The van der Waals surface area contributed by atoms with Gasteiger partial charge in [0.2, 0.25) is 0 Å². The first kappa shape index (κ1) is 17.2. The highest BCUT2D eigenvalue weighted by atomic mass is 35.5. The quantitative estimate of drug-likeness (QED) is 0.750. The molecule has 3 rings (SSSR count). The van der Waals surface area contributed by atoms with Crippen LogP contribution in [0, 0.1) is 6.92 Å². The number of nitrogens with zero attached hydrogens (tertiary/aromatic N) is 1. The van der Waals surface area contributed by atoms with Crippen molar-refractivity contribution in [2.45, 2.75) is 20.0 Å². The fourth-order valence-electron chi connectivity index (χ4n) is 2.99. The molecule has 128 valence electrons. The van der Waals surface area contributed by atoms with Gasteiger partial charge in [-0.2, -0.15) is 0 Å². The minimum atomic E-state index is -0.976. The molecule has 1 aromatic heterocycles. The Balaban J connectivity index is 2.23. The third-order valence-corrected chi connectivity index (χ3v) is 4.46. The largest absolute Gasteiger partial charge is 0.481 e. The van der Waals surface area contributed by atoms with Crippen LogP contribution in [-0.2, 0) is 17.8 Å². The summed E-state index contributed by atoms with van der Waals surface area (Å²) in [6, 6.07) is 11.7. The number of rotatable bonds is 4. The van der Waals surface area contributed by atoms with Gasteiger partial charge in [0.1, 0.15) is 0 Å². The molecule has 25 heavy (non-hydrogen) atoms. The maximum absolute atomic E-state index is 13.0. The van der Waals surface area contributed by atoms with Gasteiger partial charge in [-0.15, -0.1) is 0 Å². The van der Waals surface area contributed by atoms with E-state index in [-0.39, 0.29) is 18.9 Å². The van der Waals surface area contributed by atoms with Crippen molar-refractivity contribution in [3.8, 4) is 0 Å². The monoisotopic (exact) mass is 357 g/mol. The number of carboxylic acid groups (broad SMARTS) is 1. The third kappa shape index (κ3) is 3.16. The number of carbonyl (C=O) groups excluding carboxylic acids is 1. The Labute approximate surface area is 149 Å². The van der Waals surface area contributed by atoms with E-state index in [1.165, 1.54) is 4.57 Å². The smallest absolute Gasteiger partial charge is 0.307 e. The molecule has 0 bridgehead atoms. The zero-order valence-electron chi connectivity index (χ0n) is 13.5. The van der Waals surface area contributed by atoms with Gasteiger partial charge in [0.15, 0.2) is 0 Å². The number of hydrogen-bond acceptors (Lipinski definition) is 3. The summed E-state index contributed by atoms with van der Waals surface area (Å²) in [5.74, 6) is -1.23. The lowest BCUT2D eigenvalue weighted by molar-refractivity contribution is -0.136. The van der Waals surface area contributed by atoms with Crippen LogP contribution in [-0.4, -0.2) is 26.7 Å². The van der Waals surface area contributed by atoms with Crippen LogP contribution in [0.1, 0.15) is 27.2 Å². The van der Waals surface area contributed by atoms with Crippen LogP contribution in [0.4, 0.5) is 0 Å². The zero-order valence-corrected chi connectivity index (χ0v) is 14.2. The van der Waals surface area contributed by atoms with Gasteiger partial charge in [0, 0.05) is 21.7 Å². The molecule has 0 saturated heterocycles. The molecular weight excluding hydrogens is 342 g/mol. The lowest BCUT2D eigenvalue weighted by Gasteiger charge is -2.08. The number of fused-ring (bicyclic) bond motifs is 1. The summed E-state index contributed by atoms with van der Waals surface area (Å²) in [6.45, 7) is 1.57. The second-order valence-corrected chi connectivity index (χ2v) is 6.23. The van der Waals surface area contributed by atoms with Crippen LogP contribution < -0.4 is 0 Å². The fourth-order valence-corrected chi connectivity index (χ4v) is 3.11.